The van der Waals surface area contributed by atoms with Crippen LogP contribution in [0.25, 0.3) is 0 Å². The smallest absolute Gasteiger partial charge is 0.0943 e. The summed E-state index contributed by atoms with van der Waals surface area (Å²) in [5.41, 5.74) is 0.0419. The first-order valence-corrected chi connectivity index (χ1v) is 6.61. The standard InChI is InChI=1S/C11H15BrN2S/c1-8-13-11(2,4-5-14(8)3)10-6-9(12)7-15-10/h6-7,13H,1,4-5H2,2-3H3. The predicted molar refractivity (Wildman–Crippen MR) is 68.9 cm³/mol. The van der Waals surface area contributed by atoms with Gasteiger partial charge in [-0.15, -0.1) is 11.3 Å². The van der Waals surface area contributed by atoms with Crippen molar-refractivity contribution in [2.45, 2.75) is 18.9 Å². The van der Waals surface area contributed by atoms with Crippen molar-refractivity contribution in [3.8, 4) is 0 Å². The van der Waals surface area contributed by atoms with Crippen LogP contribution in [0.15, 0.2) is 28.3 Å². The molecule has 1 unspecified atom stereocenters. The van der Waals surface area contributed by atoms with E-state index in [9.17, 15) is 0 Å². The first-order valence-electron chi connectivity index (χ1n) is 4.94. The van der Waals surface area contributed by atoms with E-state index >= 15 is 0 Å². The summed E-state index contributed by atoms with van der Waals surface area (Å²) in [5, 5.41) is 5.62. The molecule has 2 heterocycles. The number of hydrogen-bond acceptors (Lipinski definition) is 3. The molecule has 0 radical (unpaired) electrons. The van der Waals surface area contributed by atoms with E-state index in [0.717, 1.165) is 23.3 Å². The van der Waals surface area contributed by atoms with Crippen molar-refractivity contribution in [3.05, 3.63) is 33.2 Å². The molecular formula is C11H15BrN2S. The van der Waals surface area contributed by atoms with Gasteiger partial charge in [-0.1, -0.05) is 6.58 Å². The van der Waals surface area contributed by atoms with Crippen molar-refractivity contribution in [3.63, 3.8) is 0 Å². The van der Waals surface area contributed by atoms with Crippen LogP contribution >= 0.6 is 27.3 Å². The van der Waals surface area contributed by atoms with Gasteiger partial charge in [0.05, 0.1) is 11.4 Å². The van der Waals surface area contributed by atoms with Crippen molar-refractivity contribution in [1.82, 2.24) is 10.2 Å². The Morgan fingerprint density at radius 2 is 2.40 bits per heavy atom. The Balaban J connectivity index is 2.24. The molecule has 1 aliphatic heterocycles. The maximum Gasteiger partial charge on any atom is 0.0943 e. The van der Waals surface area contributed by atoms with Gasteiger partial charge in [0, 0.05) is 28.3 Å². The number of halogens is 1. The summed E-state index contributed by atoms with van der Waals surface area (Å²) < 4.78 is 1.16. The molecule has 1 saturated heterocycles. The van der Waals surface area contributed by atoms with E-state index in [4.69, 9.17) is 0 Å². The summed E-state index contributed by atoms with van der Waals surface area (Å²) in [4.78, 5) is 3.52. The zero-order valence-corrected chi connectivity index (χ0v) is 11.4. The molecule has 0 aromatic carbocycles. The van der Waals surface area contributed by atoms with E-state index in [1.807, 2.05) is 0 Å². The first-order chi connectivity index (χ1) is 7.01. The first kappa shape index (κ1) is 11.0. The van der Waals surface area contributed by atoms with Gasteiger partial charge in [0.1, 0.15) is 0 Å². The second-order valence-corrected chi connectivity index (χ2v) is 6.03. The summed E-state index contributed by atoms with van der Waals surface area (Å²) in [7, 11) is 2.07. The second-order valence-electron chi connectivity index (χ2n) is 4.20. The number of hydrogen-bond donors (Lipinski definition) is 1. The van der Waals surface area contributed by atoms with Crippen molar-refractivity contribution in [2.24, 2.45) is 0 Å². The second kappa shape index (κ2) is 3.83. The molecule has 1 aromatic heterocycles. The lowest BCUT2D eigenvalue weighted by molar-refractivity contribution is 0.220. The van der Waals surface area contributed by atoms with Crippen LogP contribution in [0.2, 0.25) is 0 Å². The summed E-state index contributed by atoms with van der Waals surface area (Å²) in [6.07, 6.45) is 1.11. The third-order valence-electron chi connectivity index (χ3n) is 2.94. The molecule has 2 rings (SSSR count). The van der Waals surface area contributed by atoms with E-state index in [1.165, 1.54) is 4.88 Å². The highest BCUT2D eigenvalue weighted by Crippen LogP contribution is 2.35. The minimum absolute atomic E-state index is 0.0419. The lowest BCUT2D eigenvalue weighted by atomic mass is 9.93. The Hall–Kier alpha value is -0.480. The molecule has 0 spiro atoms. The van der Waals surface area contributed by atoms with Crippen molar-refractivity contribution < 1.29 is 0 Å². The van der Waals surface area contributed by atoms with E-state index in [0.29, 0.717) is 0 Å². The maximum atomic E-state index is 4.03. The Kier molecular flexibility index (Phi) is 2.81. The van der Waals surface area contributed by atoms with E-state index in [-0.39, 0.29) is 5.54 Å². The molecule has 0 aliphatic carbocycles. The van der Waals surface area contributed by atoms with Gasteiger partial charge in [-0.2, -0.15) is 0 Å². The molecule has 1 aliphatic rings. The number of thiophene rings is 1. The Bertz CT molecular complexity index is 388. The zero-order valence-electron chi connectivity index (χ0n) is 9.01. The quantitative estimate of drug-likeness (QED) is 0.853. The molecule has 82 valence electrons. The van der Waals surface area contributed by atoms with E-state index in [1.54, 1.807) is 11.3 Å². The summed E-state index contributed by atoms with van der Waals surface area (Å²) in [5.74, 6) is 1.01. The predicted octanol–water partition coefficient (Wildman–Crippen LogP) is 3.12. The lowest BCUT2D eigenvalue weighted by Crippen LogP contribution is -2.49. The molecule has 0 bridgehead atoms. The van der Waals surface area contributed by atoms with E-state index in [2.05, 4.69) is 58.1 Å². The van der Waals surface area contributed by atoms with Gasteiger partial charge in [-0.3, -0.25) is 0 Å². The maximum absolute atomic E-state index is 4.03. The topological polar surface area (TPSA) is 15.3 Å². The third-order valence-corrected chi connectivity index (χ3v) is 4.89. The third kappa shape index (κ3) is 2.06. The van der Waals surface area contributed by atoms with Crippen LogP contribution in [0.1, 0.15) is 18.2 Å². The van der Waals surface area contributed by atoms with Gasteiger partial charge in [-0.05, 0) is 35.3 Å². The van der Waals surface area contributed by atoms with Crippen LogP contribution in [0.3, 0.4) is 0 Å². The van der Waals surface area contributed by atoms with Gasteiger partial charge < -0.3 is 10.2 Å². The van der Waals surface area contributed by atoms with Crippen LogP contribution in [0.4, 0.5) is 0 Å². The average Bonchev–Trinajstić information content (AvgIpc) is 2.60. The molecule has 1 atom stereocenters. The van der Waals surface area contributed by atoms with Gasteiger partial charge in [0.2, 0.25) is 0 Å². The summed E-state index contributed by atoms with van der Waals surface area (Å²) in [6.45, 7) is 7.32. The highest BCUT2D eigenvalue weighted by molar-refractivity contribution is 9.10. The Morgan fingerprint density at radius 3 is 2.93 bits per heavy atom. The van der Waals surface area contributed by atoms with Gasteiger partial charge in [0.15, 0.2) is 0 Å². The number of nitrogens with one attached hydrogen (secondary N) is 1. The Morgan fingerprint density at radius 1 is 1.67 bits per heavy atom. The molecule has 15 heavy (non-hydrogen) atoms. The van der Waals surface area contributed by atoms with Gasteiger partial charge in [0.25, 0.3) is 0 Å². The Labute approximate surface area is 103 Å². The van der Waals surface area contributed by atoms with Crippen molar-refractivity contribution in [2.75, 3.05) is 13.6 Å². The van der Waals surface area contributed by atoms with Gasteiger partial charge in [-0.25, -0.2) is 0 Å². The zero-order chi connectivity index (χ0) is 11.1. The van der Waals surface area contributed by atoms with E-state index < -0.39 is 0 Å². The van der Waals surface area contributed by atoms with Crippen LogP contribution < -0.4 is 5.32 Å². The molecule has 0 saturated carbocycles. The normalized spacial score (nSPS) is 26.6. The average molecular weight is 287 g/mol. The lowest BCUT2D eigenvalue weighted by Gasteiger charge is -2.41. The molecule has 4 heteroatoms. The fraction of sp³-hybridized carbons (Fsp3) is 0.455. The molecule has 2 nitrogen and oxygen atoms in total. The fourth-order valence-electron chi connectivity index (χ4n) is 1.79. The molecular weight excluding hydrogens is 272 g/mol. The van der Waals surface area contributed by atoms with Crippen LogP contribution in [0, 0.1) is 0 Å². The summed E-state index contributed by atoms with van der Waals surface area (Å²) in [6, 6.07) is 2.19. The van der Waals surface area contributed by atoms with Crippen LogP contribution in [-0.2, 0) is 5.54 Å². The van der Waals surface area contributed by atoms with Gasteiger partial charge >= 0.3 is 0 Å². The molecule has 0 amide bonds. The minimum atomic E-state index is 0.0419. The highest BCUT2D eigenvalue weighted by atomic mass is 79.9. The monoisotopic (exact) mass is 286 g/mol. The molecule has 1 fully saturated rings. The summed E-state index contributed by atoms with van der Waals surface area (Å²) >= 11 is 5.29. The van der Waals surface area contributed by atoms with Crippen molar-refractivity contribution >= 4 is 27.3 Å². The number of rotatable bonds is 1. The van der Waals surface area contributed by atoms with Crippen LogP contribution in [0.5, 0.6) is 0 Å². The highest BCUT2D eigenvalue weighted by Gasteiger charge is 2.32. The largest absolute Gasteiger partial charge is 0.362 e. The van der Waals surface area contributed by atoms with Crippen LogP contribution in [-0.4, -0.2) is 18.5 Å². The number of nitrogens with zero attached hydrogens (tertiary/aromatic N) is 1. The van der Waals surface area contributed by atoms with Crippen molar-refractivity contribution in [1.29, 1.82) is 0 Å². The molecule has 1 aromatic rings. The minimum Gasteiger partial charge on any atom is -0.362 e. The SMILES string of the molecule is C=C1NC(C)(c2cc(Br)cs2)CCN1C. The fourth-order valence-corrected chi connectivity index (χ4v) is 3.37. The molecule has 1 N–H and O–H groups in total.